The van der Waals surface area contributed by atoms with Crippen LogP contribution in [0, 0.1) is 0 Å². The van der Waals surface area contributed by atoms with Crippen molar-refractivity contribution in [1.29, 1.82) is 0 Å². The SMILES string of the molecule is O=S(=O)(c1ccc2sc(C(F)(F)F)nc2c1)C(F)(F)Cl. The number of hydrogen-bond acceptors (Lipinski definition) is 4. The predicted molar refractivity (Wildman–Crippen MR) is 62.6 cm³/mol. The number of aromatic nitrogens is 1. The van der Waals surface area contributed by atoms with Crippen molar-refractivity contribution in [2.75, 3.05) is 0 Å². The highest BCUT2D eigenvalue weighted by atomic mass is 35.5. The van der Waals surface area contributed by atoms with Crippen molar-refractivity contribution >= 4 is 43.0 Å². The molecule has 11 heteroatoms. The van der Waals surface area contributed by atoms with Crippen molar-refractivity contribution < 1.29 is 30.4 Å². The lowest BCUT2D eigenvalue weighted by atomic mass is 10.3. The molecule has 2 aromatic rings. The molecule has 0 saturated heterocycles. The Kier molecular flexibility index (Phi) is 3.46. The van der Waals surface area contributed by atoms with E-state index in [1.165, 1.54) is 0 Å². The second-order valence-electron chi connectivity index (χ2n) is 3.60. The summed E-state index contributed by atoms with van der Waals surface area (Å²) in [6.07, 6.45) is -4.70. The molecule has 20 heavy (non-hydrogen) atoms. The van der Waals surface area contributed by atoms with Crippen LogP contribution in [0.1, 0.15) is 5.01 Å². The molecular formula is C9H3ClF5NO2S2. The third-order valence-corrected chi connectivity index (χ3v) is 5.39. The molecule has 0 amide bonds. The fraction of sp³-hybridized carbons (Fsp3) is 0.222. The van der Waals surface area contributed by atoms with E-state index < -0.39 is 30.6 Å². The molecule has 1 heterocycles. The summed E-state index contributed by atoms with van der Waals surface area (Å²) in [6.45, 7) is 0. The number of nitrogens with zero attached hydrogens (tertiary/aromatic N) is 1. The molecule has 0 saturated carbocycles. The van der Waals surface area contributed by atoms with Gasteiger partial charge in [0.1, 0.15) is 0 Å². The summed E-state index contributed by atoms with van der Waals surface area (Å²) in [4.78, 5) is 2.28. The maximum absolute atomic E-state index is 12.8. The van der Waals surface area contributed by atoms with Gasteiger partial charge in [-0.2, -0.15) is 22.0 Å². The second-order valence-corrected chi connectivity index (χ2v) is 7.32. The van der Waals surface area contributed by atoms with Crippen LogP contribution in [0.4, 0.5) is 22.0 Å². The lowest BCUT2D eigenvalue weighted by molar-refractivity contribution is -0.137. The van der Waals surface area contributed by atoms with Gasteiger partial charge in [-0.05, 0) is 29.8 Å². The molecule has 2 rings (SSSR count). The van der Waals surface area contributed by atoms with Gasteiger partial charge in [0, 0.05) is 0 Å². The van der Waals surface area contributed by atoms with E-state index in [2.05, 4.69) is 16.6 Å². The number of benzene rings is 1. The first-order chi connectivity index (χ1) is 8.93. The highest BCUT2D eigenvalue weighted by molar-refractivity contribution is 7.93. The van der Waals surface area contributed by atoms with E-state index in [1.54, 1.807) is 0 Å². The molecular weight excluding hydrogens is 349 g/mol. The monoisotopic (exact) mass is 351 g/mol. The Bertz CT molecular complexity index is 763. The zero-order valence-electron chi connectivity index (χ0n) is 9.08. The standard InChI is InChI=1S/C9H3ClF5NO2S2/c10-9(14,15)20(17,18)4-1-2-6-5(3-4)16-7(19-6)8(11,12)13/h1-3H. The number of halogens is 6. The van der Waals surface area contributed by atoms with Gasteiger partial charge in [0.25, 0.3) is 9.84 Å². The molecule has 3 nitrogen and oxygen atoms in total. The molecule has 0 unspecified atom stereocenters. The van der Waals surface area contributed by atoms with Gasteiger partial charge < -0.3 is 0 Å². The zero-order valence-corrected chi connectivity index (χ0v) is 11.5. The Morgan fingerprint density at radius 2 is 1.75 bits per heavy atom. The van der Waals surface area contributed by atoms with Gasteiger partial charge in [0.05, 0.1) is 15.1 Å². The zero-order chi connectivity index (χ0) is 15.3. The minimum absolute atomic E-state index is 0.0224. The molecule has 0 aliphatic carbocycles. The number of thiazole rings is 1. The van der Waals surface area contributed by atoms with Gasteiger partial charge in [-0.3, -0.25) is 0 Å². The van der Waals surface area contributed by atoms with Gasteiger partial charge in [0.2, 0.25) is 0 Å². The van der Waals surface area contributed by atoms with E-state index in [0.29, 0.717) is 6.07 Å². The van der Waals surface area contributed by atoms with E-state index in [-0.39, 0.29) is 21.6 Å². The molecule has 1 aromatic heterocycles. The molecule has 0 radical (unpaired) electrons. The summed E-state index contributed by atoms with van der Waals surface area (Å²) in [6, 6.07) is 2.36. The van der Waals surface area contributed by atoms with Crippen molar-refractivity contribution in [3.8, 4) is 0 Å². The lowest BCUT2D eigenvalue weighted by Crippen LogP contribution is -2.21. The number of alkyl halides is 6. The Morgan fingerprint density at radius 1 is 1.15 bits per heavy atom. The van der Waals surface area contributed by atoms with Crippen LogP contribution in [-0.4, -0.2) is 18.1 Å². The third kappa shape index (κ3) is 2.59. The van der Waals surface area contributed by atoms with Gasteiger partial charge in [-0.15, -0.1) is 11.3 Å². The van der Waals surface area contributed by atoms with Crippen LogP contribution in [-0.2, 0) is 16.0 Å². The maximum Gasteiger partial charge on any atom is 0.443 e. The number of rotatable bonds is 2. The molecule has 0 aliphatic rings. The van der Waals surface area contributed by atoms with E-state index in [4.69, 9.17) is 0 Å². The minimum Gasteiger partial charge on any atom is -0.232 e. The molecule has 0 N–H and O–H groups in total. The van der Waals surface area contributed by atoms with Crippen LogP contribution < -0.4 is 0 Å². The van der Waals surface area contributed by atoms with E-state index in [1.807, 2.05) is 0 Å². The highest BCUT2D eigenvalue weighted by Gasteiger charge is 2.44. The third-order valence-electron chi connectivity index (χ3n) is 2.22. The summed E-state index contributed by atoms with van der Waals surface area (Å²) >= 11 is 4.75. The summed E-state index contributed by atoms with van der Waals surface area (Å²) in [5, 5.41) is -1.19. The van der Waals surface area contributed by atoms with Gasteiger partial charge in [-0.25, -0.2) is 13.4 Å². The van der Waals surface area contributed by atoms with E-state index in [0.717, 1.165) is 12.1 Å². The van der Waals surface area contributed by atoms with Gasteiger partial charge in [-0.1, -0.05) is 0 Å². The maximum atomic E-state index is 12.8. The molecule has 110 valence electrons. The topological polar surface area (TPSA) is 47.0 Å². The highest BCUT2D eigenvalue weighted by Crippen LogP contribution is 2.38. The average Bonchev–Trinajstić information content (AvgIpc) is 2.69. The van der Waals surface area contributed by atoms with Crippen molar-refractivity contribution in [3.63, 3.8) is 0 Å². The Balaban J connectivity index is 2.61. The van der Waals surface area contributed by atoms with Gasteiger partial charge in [0.15, 0.2) is 5.01 Å². The first-order valence-corrected chi connectivity index (χ1v) is 7.40. The molecule has 0 aliphatic heterocycles. The Labute approximate surface area is 117 Å². The van der Waals surface area contributed by atoms with Gasteiger partial charge >= 0.3 is 10.9 Å². The van der Waals surface area contributed by atoms with Crippen LogP contribution in [0.3, 0.4) is 0 Å². The summed E-state index contributed by atoms with van der Waals surface area (Å²) < 4.78 is 81.1. The number of sulfone groups is 1. The molecule has 1 aromatic carbocycles. The quantitative estimate of drug-likeness (QED) is 0.609. The average molecular weight is 352 g/mol. The Hall–Kier alpha value is -1.00. The van der Waals surface area contributed by atoms with Crippen LogP contribution >= 0.6 is 22.9 Å². The fourth-order valence-electron chi connectivity index (χ4n) is 1.33. The largest absolute Gasteiger partial charge is 0.443 e. The lowest BCUT2D eigenvalue weighted by Gasteiger charge is -2.08. The Morgan fingerprint density at radius 3 is 2.25 bits per heavy atom. The predicted octanol–water partition coefficient (Wildman–Crippen LogP) is 3.88. The summed E-state index contributed by atoms with van der Waals surface area (Å²) in [5.41, 5.74) is -0.343. The van der Waals surface area contributed by atoms with Crippen molar-refractivity contribution in [2.24, 2.45) is 0 Å². The van der Waals surface area contributed by atoms with Crippen LogP contribution in [0.25, 0.3) is 10.2 Å². The number of fused-ring (bicyclic) bond motifs is 1. The van der Waals surface area contributed by atoms with Crippen LogP contribution in [0.5, 0.6) is 0 Å². The van der Waals surface area contributed by atoms with Crippen molar-refractivity contribution in [2.45, 2.75) is 15.8 Å². The first kappa shape index (κ1) is 15.4. The normalized spacial score (nSPS) is 13.9. The molecule has 0 bridgehead atoms. The summed E-state index contributed by atoms with van der Waals surface area (Å²) in [5.74, 6) is 0. The van der Waals surface area contributed by atoms with E-state index >= 15 is 0 Å². The first-order valence-electron chi connectivity index (χ1n) is 4.72. The van der Waals surface area contributed by atoms with Crippen molar-refractivity contribution in [3.05, 3.63) is 23.2 Å². The number of hydrogen-bond donors (Lipinski definition) is 0. The van der Waals surface area contributed by atoms with Crippen molar-refractivity contribution in [1.82, 2.24) is 4.98 Å². The smallest absolute Gasteiger partial charge is 0.232 e. The molecule has 0 atom stereocenters. The second kappa shape index (κ2) is 4.50. The van der Waals surface area contributed by atoms with E-state index in [9.17, 15) is 30.4 Å². The fourth-order valence-corrected chi connectivity index (χ4v) is 3.19. The molecule has 0 fully saturated rings. The summed E-state index contributed by atoms with van der Waals surface area (Å²) in [7, 11) is -5.18. The molecule has 0 spiro atoms. The van der Waals surface area contributed by atoms with Crippen LogP contribution in [0.15, 0.2) is 23.1 Å². The minimum atomic E-state index is -5.18. The van der Waals surface area contributed by atoms with Crippen LogP contribution in [0.2, 0.25) is 0 Å².